The lowest BCUT2D eigenvalue weighted by Crippen LogP contribution is -2.46. The van der Waals surface area contributed by atoms with Gasteiger partial charge in [-0.15, -0.1) is 24.0 Å². The Kier molecular flexibility index (Phi) is 9.23. The van der Waals surface area contributed by atoms with Crippen molar-refractivity contribution in [1.29, 1.82) is 0 Å². The van der Waals surface area contributed by atoms with Crippen LogP contribution >= 0.6 is 24.0 Å². The number of likely N-dealkylation sites (N-methyl/N-ethyl adjacent to an activating group) is 1. The second-order valence-corrected chi connectivity index (χ2v) is 6.56. The molecule has 1 aromatic rings. The van der Waals surface area contributed by atoms with Crippen molar-refractivity contribution >= 4 is 35.8 Å². The van der Waals surface area contributed by atoms with Crippen LogP contribution in [0.1, 0.15) is 43.9 Å². The Morgan fingerprint density at radius 2 is 2.08 bits per heavy atom. The Labute approximate surface area is 167 Å². The molecule has 1 fully saturated rings. The summed E-state index contributed by atoms with van der Waals surface area (Å²) in [6.07, 6.45) is 7.74. The smallest absolute Gasteiger partial charge is 0.241 e. The molecule has 25 heavy (non-hydrogen) atoms. The lowest BCUT2D eigenvalue weighted by atomic mass is 10.2. The van der Waals surface area contributed by atoms with Crippen molar-refractivity contribution < 1.29 is 4.79 Å². The van der Waals surface area contributed by atoms with Gasteiger partial charge in [-0.3, -0.25) is 9.48 Å². The maximum atomic E-state index is 11.8. The minimum Gasteiger partial charge on any atom is -0.354 e. The van der Waals surface area contributed by atoms with E-state index in [2.05, 4.69) is 27.6 Å². The number of aliphatic imine (C=N–C) groups is 1. The zero-order valence-corrected chi connectivity index (χ0v) is 18.0. The molecule has 1 heterocycles. The summed E-state index contributed by atoms with van der Waals surface area (Å²) in [7, 11) is 5.45. The van der Waals surface area contributed by atoms with Crippen molar-refractivity contribution in [2.45, 2.75) is 51.6 Å². The van der Waals surface area contributed by atoms with E-state index >= 15 is 0 Å². The van der Waals surface area contributed by atoms with Gasteiger partial charge in [-0.25, -0.2) is 4.99 Å². The molecule has 0 bridgehead atoms. The molecule has 0 unspecified atom stereocenters. The number of nitrogens with one attached hydrogen (secondary N) is 2. The molecule has 1 aliphatic rings. The summed E-state index contributed by atoms with van der Waals surface area (Å²) in [6.45, 7) is 2.91. The van der Waals surface area contributed by atoms with E-state index in [1.807, 2.05) is 17.9 Å². The Balaban J connectivity index is 0.00000312. The maximum Gasteiger partial charge on any atom is 0.241 e. The van der Waals surface area contributed by atoms with Crippen molar-refractivity contribution in [3.05, 3.63) is 17.5 Å². The summed E-state index contributed by atoms with van der Waals surface area (Å²) in [4.78, 5) is 18.1. The first-order valence-electron chi connectivity index (χ1n) is 8.76. The molecular formula is C17H31IN6O. The van der Waals surface area contributed by atoms with Crippen LogP contribution in [0.3, 0.4) is 0 Å². The Morgan fingerprint density at radius 3 is 2.68 bits per heavy atom. The molecule has 0 atom stereocenters. The van der Waals surface area contributed by atoms with Crippen LogP contribution in [0.5, 0.6) is 0 Å². The molecule has 1 aromatic heterocycles. The first-order valence-corrected chi connectivity index (χ1v) is 8.76. The Hall–Kier alpha value is -1.32. The molecule has 142 valence electrons. The quantitative estimate of drug-likeness (QED) is 0.383. The monoisotopic (exact) mass is 462 g/mol. The van der Waals surface area contributed by atoms with Crippen LogP contribution in [0.4, 0.5) is 0 Å². The van der Waals surface area contributed by atoms with Gasteiger partial charge in [0.15, 0.2) is 5.96 Å². The van der Waals surface area contributed by atoms with Gasteiger partial charge in [0.1, 0.15) is 0 Å². The summed E-state index contributed by atoms with van der Waals surface area (Å²) >= 11 is 0. The molecule has 0 radical (unpaired) electrons. The number of hydrogen-bond donors (Lipinski definition) is 2. The van der Waals surface area contributed by atoms with Crippen LogP contribution in [-0.2, 0) is 24.8 Å². The number of aromatic nitrogens is 2. The minimum atomic E-state index is 0. The highest BCUT2D eigenvalue weighted by molar-refractivity contribution is 14.0. The first kappa shape index (κ1) is 21.7. The molecule has 7 nitrogen and oxygen atoms in total. The molecule has 0 aliphatic heterocycles. The third-order valence-electron chi connectivity index (χ3n) is 4.34. The predicted octanol–water partition coefficient (Wildman–Crippen LogP) is 1.67. The van der Waals surface area contributed by atoms with E-state index in [1.165, 1.54) is 12.8 Å². The van der Waals surface area contributed by atoms with Crippen LogP contribution in [0.2, 0.25) is 0 Å². The van der Waals surface area contributed by atoms with E-state index in [0.29, 0.717) is 18.5 Å². The summed E-state index contributed by atoms with van der Waals surface area (Å²) in [5.74, 6) is 0.745. The van der Waals surface area contributed by atoms with Gasteiger partial charge >= 0.3 is 0 Å². The SMILES string of the molecule is CCc1nn(C)cc1CN=C(NCC(=O)N(C)C)NC1CCCC1.I. The lowest BCUT2D eigenvalue weighted by Gasteiger charge is -2.18. The number of guanidine groups is 1. The highest BCUT2D eigenvalue weighted by Crippen LogP contribution is 2.17. The largest absolute Gasteiger partial charge is 0.354 e. The van der Waals surface area contributed by atoms with Gasteiger partial charge in [0.2, 0.25) is 5.91 Å². The zero-order valence-electron chi connectivity index (χ0n) is 15.7. The number of amides is 1. The molecule has 1 amide bonds. The number of nitrogens with zero attached hydrogens (tertiary/aromatic N) is 4. The molecule has 0 saturated heterocycles. The second kappa shape index (κ2) is 10.6. The molecule has 0 aromatic carbocycles. The number of carbonyl (C=O) groups excluding carboxylic acids is 1. The van der Waals surface area contributed by atoms with Crippen molar-refractivity contribution in [3.8, 4) is 0 Å². The van der Waals surface area contributed by atoms with E-state index < -0.39 is 0 Å². The topological polar surface area (TPSA) is 74.5 Å². The van der Waals surface area contributed by atoms with Crippen molar-refractivity contribution in [1.82, 2.24) is 25.3 Å². The van der Waals surface area contributed by atoms with Crippen LogP contribution < -0.4 is 10.6 Å². The third-order valence-corrected chi connectivity index (χ3v) is 4.34. The predicted molar refractivity (Wildman–Crippen MR) is 111 cm³/mol. The van der Waals surface area contributed by atoms with Gasteiger partial charge in [0, 0.05) is 38.9 Å². The van der Waals surface area contributed by atoms with Crippen LogP contribution in [0.25, 0.3) is 0 Å². The van der Waals surface area contributed by atoms with Crippen molar-refractivity contribution in [2.75, 3.05) is 20.6 Å². The first-order chi connectivity index (χ1) is 11.5. The number of halogens is 1. The summed E-state index contributed by atoms with van der Waals surface area (Å²) in [5, 5.41) is 11.1. The number of rotatable bonds is 6. The van der Waals surface area contributed by atoms with Gasteiger partial charge in [0.05, 0.1) is 18.8 Å². The zero-order chi connectivity index (χ0) is 17.5. The van der Waals surface area contributed by atoms with Gasteiger partial charge < -0.3 is 15.5 Å². The standard InChI is InChI=1S/C17H30N6O.HI/c1-5-15-13(12-23(4)21-15)10-18-17(19-11-16(24)22(2)3)20-14-8-6-7-9-14;/h12,14H,5-11H2,1-4H3,(H2,18,19,20);1H. The maximum absolute atomic E-state index is 11.8. The van der Waals surface area contributed by atoms with Crippen LogP contribution in [-0.4, -0.2) is 53.2 Å². The van der Waals surface area contributed by atoms with E-state index in [-0.39, 0.29) is 36.4 Å². The Bertz CT molecular complexity index is 578. The molecule has 0 spiro atoms. The number of carbonyl (C=O) groups is 1. The molecule has 8 heteroatoms. The highest BCUT2D eigenvalue weighted by atomic mass is 127. The summed E-state index contributed by atoms with van der Waals surface area (Å²) in [5.41, 5.74) is 2.21. The molecule has 1 aliphatic carbocycles. The van der Waals surface area contributed by atoms with Gasteiger partial charge in [-0.1, -0.05) is 19.8 Å². The number of aryl methyl sites for hydroxylation is 2. The summed E-state index contributed by atoms with van der Waals surface area (Å²) in [6, 6.07) is 0.449. The second-order valence-electron chi connectivity index (χ2n) is 6.56. The van der Waals surface area contributed by atoms with E-state index in [1.54, 1.807) is 19.0 Å². The van der Waals surface area contributed by atoms with Crippen LogP contribution in [0, 0.1) is 0 Å². The van der Waals surface area contributed by atoms with Crippen molar-refractivity contribution in [2.24, 2.45) is 12.0 Å². The van der Waals surface area contributed by atoms with E-state index in [9.17, 15) is 4.79 Å². The normalized spacial score (nSPS) is 15.0. The molecule has 2 N–H and O–H groups in total. The molecule has 2 rings (SSSR count). The summed E-state index contributed by atoms with van der Waals surface area (Å²) < 4.78 is 1.83. The number of hydrogen-bond acceptors (Lipinski definition) is 3. The van der Waals surface area contributed by atoms with Gasteiger partial charge in [0.25, 0.3) is 0 Å². The molecular weight excluding hydrogens is 431 g/mol. The van der Waals surface area contributed by atoms with Gasteiger partial charge in [-0.05, 0) is 19.3 Å². The average molecular weight is 462 g/mol. The third kappa shape index (κ3) is 6.83. The fourth-order valence-electron chi connectivity index (χ4n) is 2.91. The fourth-order valence-corrected chi connectivity index (χ4v) is 2.91. The van der Waals surface area contributed by atoms with E-state index in [4.69, 9.17) is 0 Å². The Morgan fingerprint density at radius 1 is 1.40 bits per heavy atom. The lowest BCUT2D eigenvalue weighted by molar-refractivity contribution is -0.127. The fraction of sp³-hybridized carbons (Fsp3) is 0.706. The van der Waals surface area contributed by atoms with E-state index in [0.717, 1.165) is 30.5 Å². The van der Waals surface area contributed by atoms with Crippen LogP contribution in [0.15, 0.2) is 11.2 Å². The van der Waals surface area contributed by atoms with Gasteiger partial charge in [-0.2, -0.15) is 5.10 Å². The molecule has 1 saturated carbocycles. The average Bonchev–Trinajstić information content (AvgIpc) is 3.18. The highest BCUT2D eigenvalue weighted by Gasteiger charge is 2.17. The minimum absolute atomic E-state index is 0. The van der Waals surface area contributed by atoms with Crippen molar-refractivity contribution in [3.63, 3.8) is 0 Å².